The van der Waals surface area contributed by atoms with Gasteiger partial charge in [0, 0.05) is 0 Å². The molecule has 5 heteroatoms. The molecule has 1 aromatic carbocycles. The maximum Gasteiger partial charge on any atom is 0.417 e. The molecule has 1 atom stereocenters. The summed E-state index contributed by atoms with van der Waals surface area (Å²) in [5, 5.41) is 0. The first-order chi connectivity index (χ1) is 10.8. The Kier molecular flexibility index (Phi) is 5.42. The van der Waals surface area contributed by atoms with Gasteiger partial charge in [-0.1, -0.05) is 44.2 Å². The van der Waals surface area contributed by atoms with Gasteiger partial charge in [0.05, 0.1) is 24.7 Å². The van der Waals surface area contributed by atoms with Crippen molar-refractivity contribution in [2.24, 2.45) is 11.3 Å². The number of benzene rings is 1. The summed E-state index contributed by atoms with van der Waals surface area (Å²) in [6.45, 7) is 8.50. The van der Waals surface area contributed by atoms with Gasteiger partial charge in [-0.15, -0.1) is 0 Å². The average Bonchev–Trinajstić information content (AvgIpc) is 2.89. The van der Waals surface area contributed by atoms with Gasteiger partial charge in [0.25, 0.3) is 0 Å². The van der Waals surface area contributed by atoms with E-state index in [9.17, 15) is 9.59 Å². The van der Waals surface area contributed by atoms with Crippen LogP contribution >= 0.6 is 0 Å². The Labute approximate surface area is 137 Å². The van der Waals surface area contributed by atoms with Crippen LogP contribution in [0, 0.1) is 11.3 Å². The number of cyclic esters (lactones) is 1. The summed E-state index contributed by atoms with van der Waals surface area (Å²) in [6, 6.07) is 9.58. The van der Waals surface area contributed by atoms with E-state index in [-0.39, 0.29) is 31.1 Å². The quantitative estimate of drug-likeness (QED) is 0.808. The van der Waals surface area contributed by atoms with Gasteiger partial charge in [-0.3, -0.25) is 4.79 Å². The SMILES string of the molecule is CC(C)[C@H]1COC(=O)N1C(=O)C(C)(C)COCc1ccccc1. The Morgan fingerprint density at radius 2 is 2.00 bits per heavy atom. The van der Waals surface area contributed by atoms with Crippen molar-refractivity contribution in [3.05, 3.63) is 35.9 Å². The van der Waals surface area contributed by atoms with E-state index in [2.05, 4.69) is 0 Å². The normalized spacial score (nSPS) is 18.4. The molecule has 0 aromatic heterocycles. The van der Waals surface area contributed by atoms with Crippen molar-refractivity contribution in [2.75, 3.05) is 13.2 Å². The van der Waals surface area contributed by atoms with Crippen LogP contribution in [0.3, 0.4) is 0 Å². The number of imide groups is 1. The minimum absolute atomic E-state index is 0.159. The highest BCUT2D eigenvalue weighted by Gasteiger charge is 2.45. The molecule has 1 aromatic rings. The smallest absolute Gasteiger partial charge is 0.417 e. The number of amides is 2. The first-order valence-corrected chi connectivity index (χ1v) is 7.95. The third-order valence-corrected chi connectivity index (χ3v) is 4.05. The molecule has 0 saturated carbocycles. The van der Waals surface area contributed by atoms with Gasteiger partial charge in [-0.05, 0) is 25.3 Å². The van der Waals surface area contributed by atoms with E-state index >= 15 is 0 Å². The molecule has 0 unspecified atom stereocenters. The molecule has 2 amide bonds. The summed E-state index contributed by atoms with van der Waals surface area (Å²) >= 11 is 0. The zero-order valence-electron chi connectivity index (χ0n) is 14.2. The first kappa shape index (κ1) is 17.5. The molecule has 126 valence electrons. The molecule has 0 aliphatic carbocycles. The van der Waals surface area contributed by atoms with Crippen molar-refractivity contribution < 1.29 is 19.1 Å². The number of carbonyl (C=O) groups excluding carboxylic acids is 2. The van der Waals surface area contributed by atoms with Crippen LogP contribution in [0.4, 0.5) is 4.79 Å². The number of rotatable bonds is 6. The minimum atomic E-state index is -0.786. The van der Waals surface area contributed by atoms with Crippen LogP contribution in [0.25, 0.3) is 0 Å². The van der Waals surface area contributed by atoms with E-state index in [1.807, 2.05) is 44.2 Å². The lowest BCUT2D eigenvalue weighted by Crippen LogP contribution is -2.49. The average molecular weight is 319 g/mol. The largest absolute Gasteiger partial charge is 0.447 e. The number of hydrogen-bond acceptors (Lipinski definition) is 4. The van der Waals surface area contributed by atoms with Crippen molar-refractivity contribution in [1.29, 1.82) is 0 Å². The predicted octanol–water partition coefficient (Wildman–Crippen LogP) is 3.23. The molecular formula is C18H25NO4. The topological polar surface area (TPSA) is 55.8 Å². The van der Waals surface area contributed by atoms with E-state index in [0.29, 0.717) is 6.61 Å². The second-order valence-corrected chi connectivity index (χ2v) is 6.93. The zero-order valence-corrected chi connectivity index (χ0v) is 14.2. The second-order valence-electron chi connectivity index (χ2n) is 6.93. The predicted molar refractivity (Wildman–Crippen MR) is 86.7 cm³/mol. The van der Waals surface area contributed by atoms with Crippen molar-refractivity contribution in [2.45, 2.75) is 40.3 Å². The van der Waals surface area contributed by atoms with Crippen LogP contribution in [0.2, 0.25) is 0 Å². The van der Waals surface area contributed by atoms with Gasteiger partial charge in [0.1, 0.15) is 6.61 Å². The van der Waals surface area contributed by atoms with Crippen LogP contribution in [-0.2, 0) is 20.9 Å². The van der Waals surface area contributed by atoms with Gasteiger partial charge in [0.2, 0.25) is 5.91 Å². The molecule has 0 bridgehead atoms. The maximum atomic E-state index is 12.8. The molecule has 2 rings (SSSR count). The molecule has 1 aliphatic rings. The summed E-state index contributed by atoms with van der Waals surface area (Å²) in [5.74, 6) is -0.0850. The fraction of sp³-hybridized carbons (Fsp3) is 0.556. The summed E-state index contributed by atoms with van der Waals surface area (Å²) in [7, 11) is 0. The van der Waals surface area contributed by atoms with Crippen LogP contribution in [0.5, 0.6) is 0 Å². The third kappa shape index (κ3) is 4.10. The van der Waals surface area contributed by atoms with Crippen LogP contribution < -0.4 is 0 Å². The zero-order chi connectivity index (χ0) is 17.0. The van der Waals surface area contributed by atoms with Gasteiger partial charge >= 0.3 is 6.09 Å². The highest BCUT2D eigenvalue weighted by atomic mass is 16.6. The lowest BCUT2D eigenvalue weighted by Gasteiger charge is -2.31. The highest BCUT2D eigenvalue weighted by molar-refractivity contribution is 5.96. The standard InChI is InChI=1S/C18H25NO4/c1-13(2)15-11-23-17(21)19(15)16(20)18(3,4)12-22-10-14-8-6-5-7-9-14/h5-9,13,15H,10-12H2,1-4H3/t15-/m1/s1. The Morgan fingerprint density at radius 3 is 2.61 bits per heavy atom. The van der Waals surface area contributed by atoms with Crippen LogP contribution in [0.15, 0.2) is 30.3 Å². The van der Waals surface area contributed by atoms with Crippen molar-refractivity contribution >= 4 is 12.0 Å². The van der Waals surface area contributed by atoms with Crippen molar-refractivity contribution in [3.8, 4) is 0 Å². The first-order valence-electron chi connectivity index (χ1n) is 7.95. The molecule has 5 nitrogen and oxygen atoms in total. The fourth-order valence-corrected chi connectivity index (χ4v) is 2.55. The monoisotopic (exact) mass is 319 g/mol. The number of ether oxygens (including phenoxy) is 2. The van der Waals surface area contributed by atoms with E-state index < -0.39 is 11.5 Å². The molecule has 1 heterocycles. The molecule has 0 N–H and O–H groups in total. The third-order valence-electron chi connectivity index (χ3n) is 4.05. The van der Waals surface area contributed by atoms with Gasteiger partial charge in [-0.25, -0.2) is 9.69 Å². The van der Waals surface area contributed by atoms with Crippen molar-refractivity contribution in [3.63, 3.8) is 0 Å². The van der Waals surface area contributed by atoms with E-state index in [0.717, 1.165) is 5.56 Å². The molecule has 23 heavy (non-hydrogen) atoms. The molecule has 0 radical (unpaired) electrons. The molecule has 1 aliphatic heterocycles. The van der Waals surface area contributed by atoms with E-state index in [4.69, 9.17) is 9.47 Å². The summed E-state index contributed by atoms with van der Waals surface area (Å²) in [5.41, 5.74) is 0.266. The number of nitrogens with zero attached hydrogens (tertiary/aromatic N) is 1. The summed E-state index contributed by atoms with van der Waals surface area (Å²) in [6.07, 6.45) is -0.551. The van der Waals surface area contributed by atoms with E-state index in [1.54, 1.807) is 13.8 Å². The highest BCUT2D eigenvalue weighted by Crippen LogP contribution is 2.27. The molecular weight excluding hydrogens is 294 g/mol. The van der Waals surface area contributed by atoms with Crippen molar-refractivity contribution in [1.82, 2.24) is 4.90 Å². The minimum Gasteiger partial charge on any atom is -0.447 e. The Morgan fingerprint density at radius 1 is 1.35 bits per heavy atom. The van der Waals surface area contributed by atoms with Gasteiger partial charge in [-0.2, -0.15) is 0 Å². The van der Waals surface area contributed by atoms with Crippen LogP contribution in [0.1, 0.15) is 33.3 Å². The summed E-state index contributed by atoms with van der Waals surface area (Å²) < 4.78 is 10.8. The Hall–Kier alpha value is -1.88. The van der Waals surface area contributed by atoms with Gasteiger partial charge in [0.15, 0.2) is 0 Å². The van der Waals surface area contributed by atoms with Crippen LogP contribution in [-0.4, -0.2) is 36.2 Å². The summed E-state index contributed by atoms with van der Waals surface area (Å²) in [4.78, 5) is 26.0. The second kappa shape index (κ2) is 7.13. The van der Waals surface area contributed by atoms with Gasteiger partial charge < -0.3 is 9.47 Å². The maximum absolute atomic E-state index is 12.8. The lowest BCUT2D eigenvalue weighted by atomic mass is 9.91. The number of carbonyl (C=O) groups is 2. The molecule has 1 fully saturated rings. The Balaban J connectivity index is 1.97. The molecule has 0 spiro atoms. The molecule has 1 saturated heterocycles. The Bertz CT molecular complexity index is 553. The fourth-order valence-electron chi connectivity index (χ4n) is 2.55. The van der Waals surface area contributed by atoms with E-state index in [1.165, 1.54) is 4.90 Å². The lowest BCUT2D eigenvalue weighted by molar-refractivity contribution is -0.142. The number of hydrogen-bond donors (Lipinski definition) is 0.